The molecule has 3 rings (SSSR count). The molecule has 22 heavy (non-hydrogen) atoms. The first-order valence-corrected chi connectivity index (χ1v) is 8.33. The molecule has 2 nitrogen and oxygen atoms in total. The molecule has 2 N–H and O–H groups in total. The summed E-state index contributed by atoms with van der Waals surface area (Å²) in [7, 11) is 0. The number of benzene rings is 2. The van der Waals surface area contributed by atoms with Crippen LogP contribution in [-0.4, -0.2) is 11.2 Å². The number of piperidine rings is 1. The van der Waals surface area contributed by atoms with Crippen LogP contribution in [-0.2, 0) is 0 Å². The summed E-state index contributed by atoms with van der Waals surface area (Å²) < 4.78 is 0. The Labute approximate surface area is 133 Å². The van der Waals surface area contributed by atoms with Gasteiger partial charge in [-0.2, -0.15) is 0 Å². The van der Waals surface area contributed by atoms with Crippen LogP contribution in [0.1, 0.15) is 49.4 Å². The predicted octanol–water partition coefficient (Wildman–Crippen LogP) is 4.24. The highest BCUT2D eigenvalue weighted by Crippen LogP contribution is 2.39. The Morgan fingerprint density at radius 3 is 2.14 bits per heavy atom. The number of aliphatic hydroxyl groups is 1. The van der Waals surface area contributed by atoms with Crippen molar-refractivity contribution in [3.05, 3.63) is 71.8 Å². The van der Waals surface area contributed by atoms with Gasteiger partial charge in [-0.15, -0.1) is 0 Å². The monoisotopic (exact) mass is 295 g/mol. The standard InChI is InChI=1S/C20H25NO/c1-2-9-17-19(22)14-18(15-10-5-3-6-11-15)21-20(17)16-12-7-4-8-13-16/h3-8,10-13,17-22H,2,9,14H2,1H3/t17-,18-,19-,20-/m1/s1. The summed E-state index contributed by atoms with van der Waals surface area (Å²) in [5.74, 6) is 0.285. The van der Waals surface area contributed by atoms with Gasteiger partial charge in [0.05, 0.1) is 6.10 Å². The Balaban J connectivity index is 1.88. The van der Waals surface area contributed by atoms with Crippen LogP contribution in [0, 0.1) is 5.92 Å². The Morgan fingerprint density at radius 1 is 0.955 bits per heavy atom. The number of hydrogen-bond acceptors (Lipinski definition) is 2. The molecule has 0 amide bonds. The van der Waals surface area contributed by atoms with E-state index in [4.69, 9.17) is 0 Å². The molecule has 1 saturated heterocycles. The zero-order valence-electron chi connectivity index (χ0n) is 13.2. The molecule has 1 aliphatic rings. The first-order valence-electron chi connectivity index (χ1n) is 8.33. The van der Waals surface area contributed by atoms with Gasteiger partial charge in [0, 0.05) is 18.0 Å². The fraction of sp³-hybridized carbons (Fsp3) is 0.400. The van der Waals surface area contributed by atoms with Gasteiger partial charge in [0.1, 0.15) is 0 Å². The second kappa shape index (κ2) is 7.08. The third kappa shape index (κ3) is 3.23. The highest BCUT2D eigenvalue weighted by molar-refractivity contribution is 5.25. The van der Waals surface area contributed by atoms with Gasteiger partial charge in [0.25, 0.3) is 0 Å². The van der Waals surface area contributed by atoms with Gasteiger partial charge in [-0.1, -0.05) is 74.0 Å². The van der Waals surface area contributed by atoms with E-state index in [-0.39, 0.29) is 24.1 Å². The largest absolute Gasteiger partial charge is 0.393 e. The zero-order valence-corrected chi connectivity index (χ0v) is 13.2. The highest BCUT2D eigenvalue weighted by Gasteiger charge is 2.37. The summed E-state index contributed by atoms with van der Waals surface area (Å²) in [4.78, 5) is 0. The van der Waals surface area contributed by atoms with Crippen molar-refractivity contribution in [1.29, 1.82) is 0 Å². The molecule has 0 spiro atoms. The first-order chi connectivity index (χ1) is 10.8. The molecule has 116 valence electrons. The highest BCUT2D eigenvalue weighted by atomic mass is 16.3. The lowest BCUT2D eigenvalue weighted by molar-refractivity contribution is 0.0262. The molecule has 1 heterocycles. The number of hydrogen-bond donors (Lipinski definition) is 2. The lowest BCUT2D eigenvalue weighted by atomic mass is 9.78. The van der Waals surface area contributed by atoms with Crippen molar-refractivity contribution in [2.24, 2.45) is 5.92 Å². The van der Waals surface area contributed by atoms with Crippen LogP contribution in [0.25, 0.3) is 0 Å². The van der Waals surface area contributed by atoms with Gasteiger partial charge in [0.15, 0.2) is 0 Å². The molecule has 0 aromatic heterocycles. The zero-order chi connectivity index (χ0) is 15.4. The van der Waals surface area contributed by atoms with Crippen LogP contribution in [0.2, 0.25) is 0 Å². The Morgan fingerprint density at radius 2 is 1.55 bits per heavy atom. The maximum Gasteiger partial charge on any atom is 0.0604 e. The normalized spacial score (nSPS) is 28.5. The van der Waals surface area contributed by atoms with Crippen LogP contribution >= 0.6 is 0 Å². The third-order valence-electron chi connectivity index (χ3n) is 4.76. The van der Waals surface area contributed by atoms with E-state index in [0.29, 0.717) is 0 Å². The minimum atomic E-state index is -0.253. The number of aliphatic hydroxyl groups excluding tert-OH is 1. The van der Waals surface area contributed by atoms with Crippen molar-refractivity contribution in [2.75, 3.05) is 0 Å². The minimum Gasteiger partial charge on any atom is -0.393 e. The molecule has 0 aliphatic carbocycles. The van der Waals surface area contributed by atoms with E-state index in [9.17, 15) is 5.11 Å². The van der Waals surface area contributed by atoms with Gasteiger partial charge >= 0.3 is 0 Å². The summed E-state index contributed by atoms with van der Waals surface area (Å²) in [5.41, 5.74) is 2.54. The quantitative estimate of drug-likeness (QED) is 0.884. The minimum absolute atomic E-state index is 0.217. The van der Waals surface area contributed by atoms with Crippen molar-refractivity contribution in [2.45, 2.75) is 44.4 Å². The molecule has 4 atom stereocenters. The van der Waals surface area contributed by atoms with Crippen molar-refractivity contribution in [3.8, 4) is 0 Å². The summed E-state index contributed by atoms with van der Waals surface area (Å²) >= 11 is 0. The summed E-state index contributed by atoms with van der Waals surface area (Å²) in [6.45, 7) is 2.19. The van der Waals surface area contributed by atoms with Gasteiger partial charge in [-0.25, -0.2) is 0 Å². The maximum absolute atomic E-state index is 10.7. The second-order valence-electron chi connectivity index (χ2n) is 6.27. The van der Waals surface area contributed by atoms with Crippen LogP contribution in [0.3, 0.4) is 0 Å². The van der Waals surface area contributed by atoms with Gasteiger partial charge < -0.3 is 10.4 Å². The number of rotatable bonds is 4. The fourth-order valence-electron chi connectivity index (χ4n) is 3.66. The van der Waals surface area contributed by atoms with Crippen LogP contribution in [0.4, 0.5) is 0 Å². The molecule has 0 saturated carbocycles. The lowest BCUT2D eigenvalue weighted by Crippen LogP contribution is -2.44. The fourth-order valence-corrected chi connectivity index (χ4v) is 3.66. The summed E-state index contributed by atoms with van der Waals surface area (Å²) in [5, 5.41) is 14.5. The van der Waals surface area contributed by atoms with E-state index < -0.39 is 0 Å². The maximum atomic E-state index is 10.7. The van der Waals surface area contributed by atoms with E-state index in [1.165, 1.54) is 11.1 Å². The molecule has 2 aromatic rings. The van der Waals surface area contributed by atoms with Crippen molar-refractivity contribution in [1.82, 2.24) is 5.32 Å². The predicted molar refractivity (Wildman–Crippen MR) is 90.5 cm³/mol. The Hall–Kier alpha value is -1.64. The average molecular weight is 295 g/mol. The van der Waals surface area contributed by atoms with Crippen molar-refractivity contribution < 1.29 is 5.11 Å². The Kier molecular flexibility index (Phi) is 4.91. The van der Waals surface area contributed by atoms with Crippen LogP contribution in [0.5, 0.6) is 0 Å². The molecule has 1 fully saturated rings. The molecule has 1 aliphatic heterocycles. The third-order valence-corrected chi connectivity index (χ3v) is 4.76. The second-order valence-corrected chi connectivity index (χ2v) is 6.27. The SMILES string of the molecule is CCC[C@@H]1[C@H](O)C[C@H](c2ccccc2)N[C@@H]1c1ccccc1. The van der Waals surface area contributed by atoms with Crippen LogP contribution in [0.15, 0.2) is 60.7 Å². The summed E-state index contributed by atoms with van der Waals surface area (Å²) in [6.07, 6.45) is 2.69. The lowest BCUT2D eigenvalue weighted by Gasteiger charge is -2.41. The molecule has 0 bridgehead atoms. The van der Waals surface area contributed by atoms with Gasteiger partial charge in [-0.3, -0.25) is 0 Å². The van der Waals surface area contributed by atoms with Crippen LogP contribution < -0.4 is 5.32 Å². The van der Waals surface area contributed by atoms with Gasteiger partial charge in [0.2, 0.25) is 0 Å². The topological polar surface area (TPSA) is 32.3 Å². The molecular weight excluding hydrogens is 270 g/mol. The van der Waals surface area contributed by atoms with Crippen molar-refractivity contribution >= 4 is 0 Å². The van der Waals surface area contributed by atoms with E-state index >= 15 is 0 Å². The van der Waals surface area contributed by atoms with E-state index in [1.54, 1.807) is 0 Å². The number of nitrogens with one attached hydrogen (secondary N) is 1. The Bertz CT molecular complexity index is 569. The molecule has 0 unspecified atom stereocenters. The summed E-state index contributed by atoms with van der Waals surface area (Å²) in [6, 6.07) is 21.4. The molecular formula is C20H25NO. The molecule has 2 aromatic carbocycles. The molecule has 0 radical (unpaired) electrons. The molecule has 2 heteroatoms. The van der Waals surface area contributed by atoms with E-state index in [1.807, 2.05) is 12.1 Å². The van der Waals surface area contributed by atoms with Gasteiger partial charge in [-0.05, 0) is 24.0 Å². The first kappa shape index (κ1) is 15.3. The average Bonchev–Trinajstić information content (AvgIpc) is 2.58. The van der Waals surface area contributed by atoms with E-state index in [2.05, 4.69) is 60.8 Å². The van der Waals surface area contributed by atoms with Crippen molar-refractivity contribution in [3.63, 3.8) is 0 Å². The smallest absolute Gasteiger partial charge is 0.0604 e. The van der Waals surface area contributed by atoms with E-state index in [0.717, 1.165) is 19.3 Å².